The van der Waals surface area contributed by atoms with E-state index in [1.165, 1.54) is 18.1 Å². The number of hydrogen-bond donors (Lipinski definition) is 1. The second-order valence-corrected chi connectivity index (χ2v) is 6.02. The van der Waals surface area contributed by atoms with Crippen molar-refractivity contribution in [2.75, 3.05) is 11.1 Å². The third kappa shape index (κ3) is 3.32. The predicted octanol–water partition coefficient (Wildman–Crippen LogP) is 3.16. The molecule has 0 atom stereocenters. The Balaban J connectivity index is 1.63. The first-order valence-corrected chi connectivity index (χ1v) is 7.91. The lowest BCUT2D eigenvalue weighted by Gasteiger charge is -2.07. The van der Waals surface area contributed by atoms with Gasteiger partial charge in [-0.25, -0.2) is 0 Å². The fourth-order valence-electron chi connectivity index (χ4n) is 1.71. The maximum Gasteiger partial charge on any atom is 0.234 e. The Bertz CT molecular complexity index is 838. The van der Waals surface area contributed by atoms with Gasteiger partial charge >= 0.3 is 0 Å². The molecular weight excluding hydrogens is 345 g/mol. The molecular formula is C13H9Cl2N5OS. The lowest BCUT2D eigenvalue weighted by Crippen LogP contribution is -2.14. The van der Waals surface area contributed by atoms with Crippen LogP contribution in [0, 0.1) is 0 Å². The lowest BCUT2D eigenvalue weighted by molar-refractivity contribution is -0.113. The quantitative estimate of drug-likeness (QED) is 0.729. The molecule has 0 fully saturated rings. The molecule has 0 saturated carbocycles. The van der Waals surface area contributed by atoms with E-state index in [0.717, 1.165) is 0 Å². The van der Waals surface area contributed by atoms with Gasteiger partial charge in [-0.15, -0.1) is 10.2 Å². The van der Waals surface area contributed by atoms with Crippen LogP contribution in [0.25, 0.3) is 5.65 Å². The number of nitrogens with one attached hydrogen (secondary N) is 1. The van der Waals surface area contributed by atoms with E-state index < -0.39 is 0 Å². The highest BCUT2D eigenvalue weighted by molar-refractivity contribution is 7.99. The number of rotatable bonds is 4. The first-order chi connectivity index (χ1) is 10.6. The second kappa shape index (κ2) is 6.51. The van der Waals surface area contributed by atoms with Gasteiger partial charge in [0.15, 0.2) is 5.65 Å². The molecule has 6 nitrogen and oxygen atoms in total. The van der Waals surface area contributed by atoms with Crippen molar-refractivity contribution in [3.05, 3.63) is 46.7 Å². The molecule has 3 aromatic rings. The van der Waals surface area contributed by atoms with Gasteiger partial charge in [0.25, 0.3) is 0 Å². The van der Waals surface area contributed by atoms with E-state index in [-0.39, 0.29) is 11.7 Å². The minimum Gasteiger partial charge on any atom is -0.324 e. The molecule has 2 heterocycles. The minimum atomic E-state index is -0.195. The molecule has 3 rings (SSSR count). The van der Waals surface area contributed by atoms with Gasteiger partial charge in [0.1, 0.15) is 11.4 Å². The summed E-state index contributed by atoms with van der Waals surface area (Å²) in [5.74, 6) is 0.00328. The third-order valence-corrected chi connectivity index (χ3v) is 4.45. The fraction of sp³-hybridized carbons (Fsp3) is 0.0769. The van der Waals surface area contributed by atoms with Crippen molar-refractivity contribution < 1.29 is 4.79 Å². The first-order valence-electron chi connectivity index (χ1n) is 6.17. The van der Waals surface area contributed by atoms with Crippen molar-refractivity contribution in [1.82, 2.24) is 19.8 Å². The van der Waals surface area contributed by atoms with Crippen molar-refractivity contribution in [3.63, 3.8) is 0 Å². The Labute approximate surface area is 139 Å². The van der Waals surface area contributed by atoms with Crippen LogP contribution in [0.2, 0.25) is 10.0 Å². The van der Waals surface area contributed by atoms with Crippen molar-refractivity contribution >= 4 is 52.2 Å². The van der Waals surface area contributed by atoms with E-state index in [2.05, 4.69) is 20.6 Å². The largest absolute Gasteiger partial charge is 0.324 e. The third-order valence-electron chi connectivity index (χ3n) is 2.71. The second-order valence-electron chi connectivity index (χ2n) is 4.24. The molecule has 0 aliphatic carbocycles. The van der Waals surface area contributed by atoms with Gasteiger partial charge in [-0.1, -0.05) is 41.0 Å². The molecule has 0 aliphatic rings. The summed E-state index contributed by atoms with van der Waals surface area (Å²) in [5, 5.41) is 16.0. The number of nitrogens with zero attached hydrogens (tertiary/aromatic N) is 4. The number of thioether (sulfide) groups is 1. The topological polar surface area (TPSA) is 72.2 Å². The van der Waals surface area contributed by atoms with Gasteiger partial charge in [-0.3, -0.25) is 4.79 Å². The molecule has 2 aromatic heterocycles. The highest BCUT2D eigenvalue weighted by Gasteiger charge is 2.09. The van der Waals surface area contributed by atoms with Crippen LogP contribution in [-0.2, 0) is 4.79 Å². The van der Waals surface area contributed by atoms with Crippen LogP contribution in [0.5, 0.6) is 0 Å². The first kappa shape index (κ1) is 15.1. The molecule has 0 unspecified atom stereocenters. The number of benzene rings is 1. The zero-order valence-corrected chi connectivity index (χ0v) is 13.4. The summed E-state index contributed by atoms with van der Waals surface area (Å²) in [6, 6.07) is 8.64. The smallest absolute Gasteiger partial charge is 0.234 e. The average Bonchev–Trinajstić information content (AvgIpc) is 2.97. The Kier molecular flexibility index (Phi) is 4.47. The number of carbonyl (C=O) groups excluding carboxylic acids is 1. The van der Waals surface area contributed by atoms with Gasteiger partial charge in [-0.05, 0) is 24.3 Å². The molecule has 0 bridgehead atoms. The minimum absolute atomic E-state index is 0.195. The van der Waals surface area contributed by atoms with E-state index in [4.69, 9.17) is 23.2 Å². The average molecular weight is 354 g/mol. The molecule has 9 heteroatoms. The monoisotopic (exact) mass is 353 g/mol. The highest BCUT2D eigenvalue weighted by Crippen LogP contribution is 2.29. The fourth-order valence-corrected chi connectivity index (χ4v) is 2.72. The van der Waals surface area contributed by atoms with Gasteiger partial charge < -0.3 is 5.32 Å². The number of amides is 1. The van der Waals surface area contributed by atoms with Gasteiger partial charge in [0.05, 0.1) is 21.5 Å². The van der Waals surface area contributed by atoms with E-state index in [1.54, 1.807) is 34.8 Å². The highest BCUT2D eigenvalue weighted by atomic mass is 35.5. The number of fused-ring (bicyclic) bond motifs is 1. The molecule has 22 heavy (non-hydrogen) atoms. The van der Waals surface area contributed by atoms with Crippen LogP contribution < -0.4 is 5.32 Å². The molecule has 0 radical (unpaired) electrons. The van der Waals surface area contributed by atoms with Crippen LogP contribution in [0.1, 0.15) is 0 Å². The molecule has 0 aliphatic heterocycles. The van der Waals surface area contributed by atoms with E-state index >= 15 is 0 Å². The maximum atomic E-state index is 12.0. The Hall–Kier alpha value is -1.83. The molecule has 0 spiro atoms. The lowest BCUT2D eigenvalue weighted by atomic mass is 10.3. The predicted molar refractivity (Wildman–Crippen MR) is 86.6 cm³/mol. The molecule has 0 saturated heterocycles. The van der Waals surface area contributed by atoms with Crippen LogP contribution in [0.4, 0.5) is 5.69 Å². The summed E-state index contributed by atoms with van der Waals surface area (Å²) in [4.78, 5) is 12.0. The standard InChI is InChI=1S/C13H9Cl2N5OS/c14-8-2-1-3-9(13(8)15)17-11(21)6-22-12-5-4-10-18-16-7-20(10)19-12/h1-5,7H,6H2,(H,17,21). The normalized spacial score (nSPS) is 10.8. The van der Waals surface area contributed by atoms with Crippen LogP contribution in [-0.4, -0.2) is 31.5 Å². The van der Waals surface area contributed by atoms with E-state index in [1.807, 2.05) is 0 Å². The summed E-state index contributed by atoms with van der Waals surface area (Å²) < 4.78 is 1.55. The number of anilines is 1. The van der Waals surface area contributed by atoms with Crippen molar-refractivity contribution in [1.29, 1.82) is 0 Å². The molecule has 1 N–H and O–H groups in total. The molecule has 112 valence electrons. The maximum absolute atomic E-state index is 12.0. The van der Waals surface area contributed by atoms with Crippen LogP contribution in [0.15, 0.2) is 41.7 Å². The van der Waals surface area contributed by atoms with Crippen molar-refractivity contribution in [3.8, 4) is 0 Å². The van der Waals surface area contributed by atoms with E-state index in [9.17, 15) is 4.79 Å². The summed E-state index contributed by atoms with van der Waals surface area (Å²) in [5.41, 5.74) is 1.14. The van der Waals surface area contributed by atoms with E-state index in [0.29, 0.717) is 26.4 Å². The summed E-state index contributed by atoms with van der Waals surface area (Å²) >= 11 is 13.2. The Morgan fingerprint density at radius 3 is 3.00 bits per heavy atom. The van der Waals surface area contributed by atoms with Crippen molar-refractivity contribution in [2.45, 2.75) is 5.03 Å². The molecule has 1 amide bonds. The van der Waals surface area contributed by atoms with Crippen molar-refractivity contribution in [2.24, 2.45) is 0 Å². The molecule has 1 aromatic carbocycles. The van der Waals surface area contributed by atoms with Crippen LogP contribution >= 0.6 is 35.0 Å². The number of halogens is 2. The number of hydrogen-bond acceptors (Lipinski definition) is 5. The van der Waals surface area contributed by atoms with Gasteiger partial charge in [-0.2, -0.15) is 9.61 Å². The number of aromatic nitrogens is 4. The summed E-state index contributed by atoms with van der Waals surface area (Å²) in [6.45, 7) is 0. The zero-order valence-electron chi connectivity index (χ0n) is 11.0. The van der Waals surface area contributed by atoms with Gasteiger partial charge in [0.2, 0.25) is 5.91 Å². The summed E-state index contributed by atoms with van der Waals surface area (Å²) in [7, 11) is 0. The summed E-state index contributed by atoms with van der Waals surface area (Å²) in [6.07, 6.45) is 1.51. The van der Waals surface area contributed by atoms with Crippen LogP contribution in [0.3, 0.4) is 0 Å². The zero-order chi connectivity index (χ0) is 15.5. The SMILES string of the molecule is O=C(CSc1ccc2nncn2n1)Nc1cccc(Cl)c1Cl. The number of carbonyl (C=O) groups is 1. The Morgan fingerprint density at radius 2 is 2.14 bits per heavy atom. The Morgan fingerprint density at radius 1 is 1.27 bits per heavy atom. The van der Waals surface area contributed by atoms with Gasteiger partial charge in [0, 0.05) is 0 Å².